The van der Waals surface area contributed by atoms with E-state index in [4.69, 9.17) is 9.68 Å². The maximum atomic E-state index is 9.05. The first-order valence-corrected chi connectivity index (χ1v) is 7.76. The van der Waals surface area contributed by atoms with E-state index in [1.54, 1.807) is 23.7 Å². The molecule has 0 bridgehead atoms. The minimum absolute atomic E-state index is 0.421. The third kappa shape index (κ3) is 3.35. The summed E-state index contributed by atoms with van der Waals surface area (Å²) in [5, 5.41) is 9.05. The van der Waals surface area contributed by atoms with Gasteiger partial charge in [0.1, 0.15) is 23.3 Å². The Bertz CT molecular complexity index is 786. The fraction of sp³-hybridized carbons (Fsp3) is 0.176. The maximum absolute atomic E-state index is 9.05. The van der Waals surface area contributed by atoms with Crippen LogP contribution in [0, 0.1) is 18.3 Å². The molecular formula is C17H15N3OS. The predicted octanol–water partition coefficient (Wildman–Crippen LogP) is 4.12. The number of anilines is 1. The second-order valence-electron chi connectivity index (χ2n) is 4.94. The van der Waals surface area contributed by atoms with Gasteiger partial charge in [-0.1, -0.05) is 6.07 Å². The predicted molar refractivity (Wildman–Crippen MR) is 86.6 cm³/mol. The van der Waals surface area contributed by atoms with E-state index >= 15 is 0 Å². The van der Waals surface area contributed by atoms with E-state index in [2.05, 4.69) is 35.0 Å². The summed E-state index contributed by atoms with van der Waals surface area (Å²) in [7, 11) is 0. The molecule has 0 aliphatic carbocycles. The molecule has 0 atom stereocenters. The van der Waals surface area contributed by atoms with Crippen LogP contribution in [0.25, 0.3) is 0 Å². The van der Waals surface area contributed by atoms with Gasteiger partial charge in [-0.15, -0.1) is 11.3 Å². The summed E-state index contributed by atoms with van der Waals surface area (Å²) in [6, 6.07) is 15.6. The van der Waals surface area contributed by atoms with Crippen LogP contribution in [0.3, 0.4) is 0 Å². The monoisotopic (exact) mass is 309 g/mol. The van der Waals surface area contributed by atoms with Gasteiger partial charge < -0.3 is 9.32 Å². The van der Waals surface area contributed by atoms with Crippen LogP contribution in [-0.2, 0) is 13.1 Å². The third-order valence-corrected chi connectivity index (χ3v) is 4.23. The van der Waals surface area contributed by atoms with E-state index in [1.165, 1.54) is 9.75 Å². The van der Waals surface area contributed by atoms with Crippen molar-refractivity contribution in [1.29, 1.82) is 5.26 Å². The molecule has 22 heavy (non-hydrogen) atoms. The molecule has 3 aromatic heterocycles. The number of nitriles is 1. The van der Waals surface area contributed by atoms with Crippen molar-refractivity contribution < 1.29 is 4.42 Å². The van der Waals surface area contributed by atoms with Crippen LogP contribution in [0.2, 0.25) is 0 Å². The lowest BCUT2D eigenvalue weighted by molar-refractivity contribution is 0.501. The van der Waals surface area contributed by atoms with E-state index in [1.807, 2.05) is 24.3 Å². The van der Waals surface area contributed by atoms with Gasteiger partial charge in [-0.3, -0.25) is 0 Å². The molecule has 4 nitrogen and oxygen atoms in total. The number of aryl methyl sites for hydroxylation is 1. The normalized spacial score (nSPS) is 10.4. The molecule has 0 aromatic carbocycles. The fourth-order valence-electron chi connectivity index (χ4n) is 2.23. The number of furan rings is 1. The van der Waals surface area contributed by atoms with Crippen molar-refractivity contribution in [2.24, 2.45) is 0 Å². The Labute approximate surface area is 133 Å². The zero-order chi connectivity index (χ0) is 15.4. The van der Waals surface area contributed by atoms with Gasteiger partial charge in [0.05, 0.1) is 19.4 Å². The Morgan fingerprint density at radius 2 is 2.09 bits per heavy atom. The summed E-state index contributed by atoms with van der Waals surface area (Å²) < 4.78 is 5.45. The van der Waals surface area contributed by atoms with E-state index in [0.717, 1.165) is 18.1 Å². The van der Waals surface area contributed by atoms with Crippen LogP contribution in [0.4, 0.5) is 5.82 Å². The molecule has 3 rings (SSSR count). The number of nitrogens with zero attached hydrogens (tertiary/aromatic N) is 3. The Morgan fingerprint density at radius 3 is 2.77 bits per heavy atom. The average Bonchev–Trinajstić information content (AvgIpc) is 3.18. The number of aromatic nitrogens is 1. The van der Waals surface area contributed by atoms with Crippen molar-refractivity contribution in [3.63, 3.8) is 0 Å². The Kier molecular flexibility index (Phi) is 4.22. The van der Waals surface area contributed by atoms with Crippen LogP contribution in [0.5, 0.6) is 0 Å². The number of hydrogen-bond donors (Lipinski definition) is 0. The Morgan fingerprint density at radius 1 is 1.18 bits per heavy atom. The van der Waals surface area contributed by atoms with Gasteiger partial charge in [0, 0.05) is 9.75 Å². The first kappa shape index (κ1) is 14.4. The molecule has 110 valence electrons. The van der Waals surface area contributed by atoms with Gasteiger partial charge >= 0.3 is 0 Å². The number of pyridine rings is 1. The molecule has 3 aromatic rings. The zero-order valence-corrected chi connectivity index (χ0v) is 13.0. The lowest BCUT2D eigenvalue weighted by Gasteiger charge is -2.22. The molecule has 5 heteroatoms. The number of rotatable bonds is 5. The van der Waals surface area contributed by atoms with E-state index in [9.17, 15) is 0 Å². The highest BCUT2D eigenvalue weighted by atomic mass is 32.1. The molecule has 0 N–H and O–H groups in total. The molecule has 0 aliphatic heterocycles. The van der Waals surface area contributed by atoms with E-state index in [0.29, 0.717) is 12.2 Å². The lowest BCUT2D eigenvalue weighted by Crippen LogP contribution is -2.22. The Hall–Kier alpha value is -2.58. The SMILES string of the molecule is Cc1ccc(CN(Cc2ccco2)c2cccc(C#N)n2)s1. The van der Waals surface area contributed by atoms with Crippen molar-refractivity contribution in [3.05, 3.63) is 69.9 Å². The average molecular weight is 309 g/mol. The van der Waals surface area contributed by atoms with Crippen LogP contribution in [0.15, 0.2) is 53.1 Å². The summed E-state index contributed by atoms with van der Waals surface area (Å²) in [6.07, 6.45) is 1.67. The van der Waals surface area contributed by atoms with Crippen molar-refractivity contribution in [2.75, 3.05) is 4.90 Å². The van der Waals surface area contributed by atoms with Gasteiger partial charge in [-0.25, -0.2) is 4.98 Å². The van der Waals surface area contributed by atoms with Crippen LogP contribution in [0.1, 0.15) is 21.2 Å². The molecule has 0 unspecified atom stereocenters. The molecule has 0 radical (unpaired) electrons. The van der Waals surface area contributed by atoms with Crippen LogP contribution < -0.4 is 4.90 Å². The minimum Gasteiger partial charge on any atom is -0.467 e. The maximum Gasteiger partial charge on any atom is 0.142 e. The van der Waals surface area contributed by atoms with Gasteiger partial charge in [-0.2, -0.15) is 5.26 Å². The molecular weight excluding hydrogens is 294 g/mol. The minimum atomic E-state index is 0.421. The van der Waals surface area contributed by atoms with Gasteiger partial charge in [0.2, 0.25) is 0 Å². The fourth-order valence-corrected chi connectivity index (χ4v) is 3.13. The largest absolute Gasteiger partial charge is 0.467 e. The zero-order valence-electron chi connectivity index (χ0n) is 12.2. The second-order valence-corrected chi connectivity index (χ2v) is 6.31. The van der Waals surface area contributed by atoms with Crippen molar-refractivity contribution >= 4 is 17.2 Å². The smallest absolute Gasteiger partial charge is 0.142 e. The second kappa shape index (κ2) is 6.46. The summed E-state index contributed by atoms with van der Waals surface area (Å²) in [5.41, 5.74) is 0.421. The number of thiophene rings is 1. The molecule has 0 aliphatic rings. The van der Waals surface area contributed by atoms with E-state index < -0.39 is 0 Å². The number of hydrogen-bond acceptors (Lipinski definition) is 5. The highest BCUT2D eigenvalue weighted by Crippen LogP contribution is 2.22. The standard InChI is InChI=1S/C17H15N3OS/c1-13-7-8-16(22-13)12-20(11-15-5-3-9-21-15)17-6-2-4-14(10-18)19-17/h2-9H,11-12H2,1H3. The molecule has 0 saturated carbocycles. The summed E-state index contributed by atoms with van der Waals surface area (Å²) in [5.74, 6) is 1.65. The van der Waals surface area contributed by atoms with Gasteiger partial charge in [0.15, 0.2) is 0 Å². The van der Waals surface area contributed by atoms with E-state index in [-0.39, 0.29) is 0 Å². The molecule has 0 fully saturated rings. The first-order chi connectivity index (χ1) is 10.7. The van der Waals surface area contributed by atoms with Gasteiger partial charge in [-0.05, 0) is 43.3 Å². The molecule has 0 saturated heterocycles. The lowest BCUT2D eigenvalue weighted by atomic mass is 10.3. The quantitative estimate of drug-likeness (QED) is 0.711. The van der Waals surface area contributed by atoms with Crippen molar-refractivity contribution in [2.45, 2.75) is 20.0 Å². The highest BCUT2D eigenvalue weighted by molar-refractivity contribution is 7.11. The Balaban J connectivity index is 1.89. The topological polar surface area (TPSA) is 53.1 Å². The molecule has 0 amide bonds. The van der Waals surface area contributed by atoms with Crippen LogP contribution in [-0.4, -0.2) is 4.98 Å². The summed E-state index contributed by atoms with van der Waals surface area (Å²) in [4.78, 5) is 9.06. The van der Waals surface area contributed by atoms with Crippen molar-refractivity contribution in [3.8, 4) is 6.07 Å². The molecule has 0 spiro atoms. The third-order valence-electron chi connectivity index (χ3n) is 3.24. The summed E-state index contributed by atoms with van der Waals surface area (Å²) >= 11 is 1.77. The van der Waals surface area contributed by atoms with Crippen molar-refractivity contribution in [1.82, 2.24) is 4.98 Å². The summed E-state index contributed by atoms with van der Waals surface area (Å²) in [6.45, 7) is 3.45. The highest BCUT2D eigenvalue weighted by Gasteiger charge is 2.13. The van der Waals surface area contributed by atoms with Gasteiger partial charge in [0.25, 0.3) is 0 Å². The first-order valence-electron chi connectivity index (χ1n) is 6.94. The van der Waals surface area contributed by atoms with Crippen LogP contribution >= 0.6 is 11.3 Å². The molecule has 3 heterocycles.